The molecule has 0 spiro atoms. The van der Waals surface area contributed by atoms with Crippen LogP contribution in [0.15, 0.2) is 29.8 Å². The molecule has 5 heteroatoms. The van der Waals surface area contributed by atoms with E-state index in [-0.39, 0.29) is 11.3 Å². The number of carbonyl (C=O) groups excluding carboxylic acids is 1. The maximum Gasteiger partial charge on any atom is 0.235 e. The molecule has 2 aliphatic carbocycles. The molecule has 4 nitrogen and oxygen atoms in total. The van der Waals surface area contributed by atoms with Gasteiger partial charge in [0.05, 0.1) is 23.7 Å². The van der Waals surface area contributed by atoms with E-state index >= 15 is 0 Å². The first-order chi connectivity index (χ1) is 10.7. The van der Waals surface area contributed by atoms with E-state index < -0.39 is 0 Å². The fourth-order valence-corrected chi connectivity index (χ4v) is 3.67. The van der Waals surface area contributed by atoms with Gasteiger partial charge in [-0.15, -0.1) is 11.3 Å². The summed E-state index contributed by atoms with van der Waals surface area (Å²) < 4.78 is 5.28. The van der Waals surface area contributed by atoms with Crippen molar-refractivity contribution in [3.05, 3.63) is 41.0 Å². The summed E-state index contributed by atoms with van der Waals surface area (Å²) in [6.07, 6.45) is 4.16. The van der Waals surface area contributed by atoms with Crippen molar-refractivity contribution in [3.63, 3.8) is 0 Å². The van der Waals surface area contributed by atoms with Crippen molar-refractivity contribution in [2.75, 3.05) is 12.4 Å². The number of thiazole rings is 1. The van der Waals surface area contributed by atoms with Gasteiger partial charge in [0.15, 0.2) is 0 Å². The van der Waals surface area contributed by atoms with E-state index in [0.29, 0.717) is 5.92 Å². The molecule has 1 amide bonds. The van der Waals surface area contributed by atoms with Gasteiger partial charge in [-0.1, -0.05) is 12.1 Å². The molecule has 22 heavy (non-hydrogen) atoms. The van der Waals surface area contributed by atoms with Gasteiger partial charge in [-0.2, -0.15) is 0 Å². The van der Waals surface area contributed by atoms with Gasteiger partial charge in [0.25, 0.3) is 0 Å². The van der Waals surface area contributed by atoms with Crippen molar-refractivity contribution in [1.29, 1.82) is 0 Å². The molecule has 2 saturated carbocycles. The number of aromatic nitrogens is 1. The molecule has 0 atom stereocenters. The molecule has 114 valence electrons. The number of hydrogen-bond acceptors (Lipinski definition) is 4. The van der Waals surface area contributed by atoms with Crippen molar-refractivity contribution >= 4 is 22.2 Å². The van der Waals surface area contributed by atoms with Crippen LogP contribution in [0.5, 0.6) is 5.75 Å². The van der Waals surface area contributed by atoms with Gasteiger partial charge < -0.3 is 10.1 Å². The van der Waals surface area contributed by atoms with E-state index in [1.165, 1.54) is 24.2 Å². The lowest BCUT2D eigenvalue weighted by molar-refractivity contribution is -0.118. The maximum absolute atomic E-state index is 12.8. The Morgan fingerprint density at radius 1 is 1.41 bits per heavy atom. The molecule has 0 saturated heterocycles. The molecule has 1 N–H and O–H groups in total. The average Bonchev–Trinajstić information content (AvgIpc) is 3.47. The first-order valence-corrected chi connectivity index (χ1v) is 8.50. The highest BCUT2D eigenvalue weighted by atomic mass is 32.1. The fourth-order valence-electron chi connectivity index (χ4n) is 2.91. The van der Waals surface area contributed by atoms with Crippen molar-refractivity contribution in [1.82, 2.24) is 4.98 Å². The zero-order chi connectivity index (χ0) is 15.2. The Bertz CT molecular complexity index is 717. The fraction of sp³-hybridized carbons (Fsp3) is 0.412. The highest BCUT2D eigenvalue weighted by molar-refractivity contribution is 7.14. The van der Waals surface area contributed by atoms with E-state index in [2.05, 4.69) is 10.3 Å². The van der Waals surface area contributed by atoms with Crippen LogP contribution in [-0.4, -0.2) is 18.0 Å². The van der Waals surface area contributed by atoms with Gasteiger partial charge >= 0.3 is 0 Å². The Balaban J connectivity index is 1.57. The Morgan fingerprint density at radius 2 is 2.23 bits per heavy atom. The minimum atomic E-state index is -0.390. The van der Waals surface area contributed by atoms with Gasteiger partial charge in [-0.25, -0.2) is 4.98 Å². The summed E-state index contributed by atoms with van der Waals surface area (Å²) in [4.78, 5) is 17.2. The van der Waals surface area contributed by atoms with Crippen molar-refractivity contribution in [2.45, 2.75) is 37.0 Å². The zero-order valence-corrected chi connectivity index (χ0v) is 13.3. The van der Waals surface area contributed by atoms with E-state index in [1.807, 2.05) is 29.8 Å². The van der Waals surface area contributed by atoms with Gasteiger partial charge in [0.2, 0.25) is 5.91 Å². The predicted molar refractivity (Wildman–Crippen MR) is 86.6 cm³/mol. The second kappa shape index (κ2) is 5.09. The largest absolute Gasteiger partial charge is 0.497 e. The first-order valence-electron chi connectivity index (χ1n) is 7.62. The highest BCUT2D eigenvalue weighted by Gasteiger charge is 2.51. The molecule has 1 aromatic heterocycles. The minimum Gasteiger partial charge on any atom is -0.497 e. The summed E-state index contributed by atoms with van der Waals surface area (Å²) in [6, 6.07) is 7.85. The molecular formula is C17H18N2O2S. The highest BCUT2D eigenvalue weighted by Crippen LogP contribution is 2.50. The summed E-state index contributed by atoms with van der Waals surface area (Å²) >= 11 is 1.53. The van der Waals surface area contributed by atoms with Gasteiger partial charge in [-0.3, -0.25) is 4.79 Å². The molecule has 2 aliphatic rings. The van der Waals surface area contributed by atoms with Crippen molar-refractivity contribution < 1.29 is 9.53 Å². The van der Waals surface area contributed by atoms with Crippen LogP contribution in [0.3, 0.4) is 0 Å². The van der Waals surface area contributed by atoms with E-state index in [4.69, 9.17) is 4.74 Å². The molecular weight excluding hydrogens is 296 g/mol. The number of amides is 1. The lowest BCUT2D eigenvalue weighted by atomic mass is 9.95. The van der Waals surface area contributed by atoms with Crippen LogP contribution in [0.4, 0.5) is 5.00 Å². The van der Waals surface area contributed by atoms with Crippen LogP contribution >= 0.6 is 11.3 Å². The van der Waals surface area contributed by atoms with Crippen LogP contribution in [0.25, 0.3) is 0 Å². The predicted octanol–water partition coefficient (Wildman–Crippen LogP) is 3.70. The summed E-state index contributed by atoms with van der Waals surface area (Å²) in [5.41, 5.74) is 3.55. The third-order valence-corrected chi connectivity index (χ3v) is 5.35. The van der Waals surface area contributed by atoms with Crippen LogP contribution < -0.4 is 10.1 Å². The van der Waals surface area contributed by atoms with Gasteiger partial charge in [0, 0.05) is 5.92 Å². The summed E-state index contributed by atoms with van der Waals surface area (Å²) in [5.74, 6) is 1.44. The lowest BCUT2D eigenvalue weighted by Crippen LogP contribution is -2.27. The second-order valence-corrected chi connectivity index (χ2v) is 6.96. The summed E-state index contributed by atoms with van der Waals surface area (Å²) in [5, 5.41) is 4.06. The molecule has 0 aliphatic heterocycles. The van der Waals surface area contributed by atoms with Crippen LogP contribution in [-0.2, 0) is 10.2 Å². The Hall–Kier alpha value is -1.88. The number of methoxy groups -OCH3 is 1. The van der Waals surface area contributed by atoms with Crippen LogP contribution in [0.2, 0.25) is 0 Å². The third kappa shape index (κ3) is 2.29. The molecule has 1 aromatic carbocycles. The lowest BCUT2D eigenvalue weighted by Gasteiger charge is -2.16. The number of nitrogens with zero attached hydrogens (tertiary/aromatic N) is 1. The number of hydrogen-bond donors (Lipinski definition) is 1. The number of nitrogens with one attached hydrogen (secondary N) is 1. The summed E-state index contributed by atoms with van der Waals surface area (Å²) in [6.45, 7) is 0. The molecule has 2 aromatic rings. The normalized spacial score (nSPS) is 18.8. The van der Waals surface area contributed by atoms with Crippen LogP contribution in [0, 0.1) is 0 Å². The Morgan fingerprint density at radius 3 is 2.91 bits per heavy atom. The summed E-state index contributed by atoms with van der Waals surface area (Å²) in [7, 11) is 1.65. The van der Waals surface area contributed by atoms with E-state index in [1.54, 1.807) is 7.11 Å². The first kappa shape index (κ1) is 13.8. The molecule has 2 fully saturated rings. The van der Waals surface area contributed by atoms with E-state index in [9.17, 15) is 4.79 Å². The Labute approximate surface area is 133 Å². The zero-order valence-electron chi connectivity index (χ0n) is 12.5. The third-order valence-electron chi connectivity index (χ3n) is 4.59. The second-order valence-electron chi connectivity index (χ2n) is 6.11. The number of ether oxygens (including phenoxy) is 1. The number of carbonyl (C=O) groups is 1. The standard InChI is InChI=1S/C17H18N2O2S/c1-21-13-4-2-3-12(9-13)17(7-8-17)16(20)19-15-14(11-5-6-11)18-10-22-15/h2-4,9-11H,5-8H2,1H3,(H,19,20). The quantitative estimate of drug-likeness (QED) is 0.915. The topological polar surface area (TPSA) is 51.2 Å². The average molecular weight is 314 g/mol. The van der Waals surface area contributed by atoms with Crippen LogP contribution in [0.1, 0.15) is 42.9 Å². The number of anilines is 1. The smallest absolute Gasteiger partial charge is 0.235 e. The number of rotatable bonds is 5. The van der Waals surface area contributed by atoms with Gasteiger partial charge in [-0.05, 0) is 43.4 Å². The minimum absolute atomic E-state index is 0.0897. The van der Waals surface area contributed by atoms with Crippen molar-refractivity contribution in [2.24, 2.45) is 0 Å². The van der Waals surface area contributed by atoms with Crippen molar-refractivity contribution in [3.8, 4) is 5.75 Å². The Kier molecular flexibility index (Phi) is 3.18. The maximum atomic E-state index is 12.8. The van der Waals surface area contributed by atoms with E-state index in [0.717, 1.165) is 34.8 Å². The molecule has 1 heterocycles. The number of benzene rings is 1. The van der Waals surface area contributed by atoms with Gasteiger partial charge in [0.1, 0.15) is 10.8 Å². The molecule has 0 bridgehead atoms. The molecule has 4 rings (SSSR count). The molecule has 0 unspecified atom stereocenters. The SMILES string of the molecule is COc1cccc(C2(C(=O)Nc3scnc3C3CC3)CC2)c1. The monoisotopic (exact) mass is 314 g/mol. The molecule has 0 radical (unpaired) electrons.